The van der Waals surface area contributed by atoms with E-state index in [-0.39, 0.29) is 6.61 Å². The lowest BCUT2D eigenvalue weighted by Crippen LogP contribution is -2.33. The van der Waals surface area contributed by atoms with E-state index >= 15 is 0 Å². The van der Waals surface area contributed by atoms with Crippen LogP contribution in [0.4, 0.5) is 0 Å². The summed E-state index contributed by atoms with van der Waals surface area (Å²) < 4.78 is 0. The fourth-order valence-corrected chi connectivity index (χ4v) is 5.14. The first-order valence-electron chi connectivity index (χ1n) is 10.2. The number of unbranched alkanes of at least 4 members (excludes halogenated alkanes) is 1. The largest absolute Gasteiger partial charge is 0.392 e. The van der Waals surface area contributed by atoms with Gasteiger partial charge in [-0.15, -0.1) is 0 Å². The number of hydrogen-bond donors (Lipinski definition) is 1. The van der Waals surface area contributed by atoms with Crippen molar-refractivity contribution in [1.29, 1.82) is 0 Å². The maximum atomic E-state index is 8.99. The van der Waals surface area contributed by atoms with Crippen molar-refractivity contribution in [1.82, 2.24) is 0 Å². The fraction of sp³-hybridized carbons (Fsp3) is 0.818. The van der Waals surface area contributed by atoms with Crippen molar-refractivity contribution in [2.75, 3.05) is 6.61 Å². The second-order valence-electron chi connectivity index (χ2n) is 7.02. The molecule has 2 rings (SSSR count). The molecule has 2 heteroatoms. The van der Waals surface area contributed by atoms with Crippen molar-refractivity contribution in [3.05, 3.63) is 22.7 Å². The highest BCUT2D eigenvalue weighted by molar-refractivity contribution is 9.11. The second-order valence-corrected chi connectivity index (χ2v) is 7.48. The molecule has 0 aromatic carbocycles. The van der Waals surface area contributed by atoms with Crippen molar-refractivity contribution in [3.8, 4) is 0 Å². The van der Waals surface area contributed by atoms with Gasteiger partial charge in [0.15, 0.2) is 0 Å². The Morgan fingerprint density at radius 2 is 1.92 bits per heavy atom. The van der Waals surface area contributed by atoms with Crippen LogP contribution in [-0.2, 0) is 0 Å². The zero-order valence-electron chi connectivity index (χ0n) is 16.8. The van der Waals surface area contributed by atoms with E-state index in [1.165, 1.54) is 51.4 Å². The molecule has 2 aliphatic rings. The van der Waals surface area contributed by atoms with Crippen molar-refractivity contribution >= 4 is 15.9 Å². The van der Waals surface area contributed by atoms with Crippen LogP contribution in [0.15, 0.2) is 22.7 Å². The molecule has 0 aliphatic heterocycles. The minimum atomic E-state index is 0.155. The molecule has 0 saturated heterocycles. The number of rotatable bonds is 6. The lowest BCUT2D eigenvalue weighted by molar-refractivity contribution is 0.127. The van der Waals surface area contributed by atoms with Crippen molar-refractivity contribution < 1.29 is 5.11 Å². The fourth-order valence-electron chi connectivity index (χ4n) is 4.60. The average Bonchev–Trinajstić information content (AvgIpc) is 2.98. The van der Waals surface area contributed by atoms with Gasteiger partial charge in [-0.25, -0.2) is 0 Å². The van der Waals surface area contributed by atoms with Gasteiger partial charge in [-0.2, -0.15) is 0 Å². The van der Waals surface area contributed by atoms with E-state index in [1.807, 2.05) is 27.7 Å². The molecule has 142 valence electrons. The average molecular weight is 401 g/mol. The monoisotopic (exact) mass is 400 g/mol. The topological polar surface area (TPSA) is 20.2 Å². The van der Waals surface area contributed by atoms with Gasteiger partial charge in [-0.3, -0.25) is 0 Å². The van der Waals surface area contributed by atoms with E-state index in [1.54, 1.807) is 5.57 Å². The Bertz CT molecular complexity index is 374. The summed E-state index contributed by atoms with van der Waals surface area (Å²) in [6, 6.07) is 0. The summed E-state index contributed by atoms with van der Waals surface area (Å²) >= 11 is 3.58. The molecule has 2 aliphatic carbocycles. The summed E-state index contributed by atoms with van der Waals surface area (Å²) in [5.41, 5.74) is 3.20. The number of halogens is 1. The van der Waals surface area contributed by atoms with Crippen LogP contribution in [0.1, 0.15) is 92.4 Å². The molecule has 0 heterocycles. The third kappa shape index (κ3) is 6.33. The Kier molecular flexibility index (Phi) is 13.1. The van der Waals surface area contributed by atoms with Crippen LogP contribution in [0.25, 0.3) is 0 Å². The third-order valence-electron chi connectivity index (χ3n) is 5.86. The first-order chi connectivity index (χ1) is 11.6. The standard InChI is InChI=1S/C18H29BrO.2C2H6/c1-14(13-20)6-3-4-8-16-9-10-17-15(12-19)7-5-11-18(16,17)2;2*1-2/h12,16-17,20H,1,3-11,13H2,2H3;2*1-2H3/b15-12+;;. The Morgan fingerprint density at radius 3 is 2.50 bits per heavy atom. The van der Waals surface area contributed by atoms with E-state index in [4.69, 9.17) is 5.11 Å². The lowest BCUT2D eigenvalue weighted by Gasteiger charge is -2.42. The van der Waals surface area contributed by atoms with Gasteiger partial charge in [0, 0.05) is 0 Å². The first kappa shape index (κ1) is 23.9. The quantitative estimate of drug-likeness (QED) is 0.358. The smallest absolute Gasteiger partial charge is 0.0639 e. The summed E-state index contributed by atoms with van der Waals surface area (Å²) in [6.07, 6.45) is 11.7. The maximum absolute atomic E-state index is 8.99. The highest BCUT2D eigenvalue weighted by atomic mass is 79.9. The number of allylic oxidation sites excluding steroid dienone is 1. The third-order valence-corrected chi connectivity index (χ3v) is 6.45. The van der Waals surface area contributed by atoms with E-state index in [0.717, 1.165) is 23.8 Å². The first-order valence-corrected chi connectivity index (χ1v) is 11.1. The van der Waals surface area contributed by atoms with Gasteiger partial charge < -0.3 is 5.11 Å². The molecule has 2 fully saturated rings. The number of hydrogen-bond acceptors (Lipinski definition) is 1. The van der Waals surface area contributed by atoms with Crippen LogP contribution in [-0.4, -0.2) is 11.7 Å². The Labute approximate surface area is 160 Å². The van der Waals surface area contributed by atoms with Gasteiger partial charge in [-0.05, 0) is 73.6 Å². The van der Waals surface area contributed by atoms with E-state index in [0.29, 0.717) is 5.41 Å². The SMILES string of the molecule is C=C(CO)CCCCC1CCC2/C(=C/Br)CCCC12C.CC.CC. The summed E-state index contributed by atoms with van der Waals surface area (Å²) in [5.74, 6) is 1.73. The zero-order chi connectivity index (χ0) is 18.6. The van der Waals surface area contributed by atoms with Crippen LogP contribution < -0.4 is 0 Å². The minimum Gasteiger partial charge on any atom is -0.392 e. The predicted octanol–water partition coefficient (Wildman–Crippen LogP) is 7.64. The van der Waals surface area contributed by atoms with Gasteiger partial charge in [0.05, 0.1) is 6.61 Å². The molecule has 0 radical (unpaired) electrons. The van der Waals surface area contributed by atoms with Crippen molar-refractivity contribution in [2.45, 2.75) is 92.4 Å². The molecule has 1 N–H and O–H groups in total. The molecule has 0 aromatic rings. The molecule has 1 nitrogen and oxygen atoms in total. The molecular formula is C22H41BrO. The van der Waals surface area contributed by atoms with Crippen LogP contribution in [0.5, 0.6) is 0 Å². The molecule has 0 spiro atoms. The molecule has 3 atom stereocenters. The Balaban J connectivity index is 0.00000123. The van der Waals surface area contributed by atoms with Crippen molar-refractivity contribution in [2.24, 2.45) is 17.3 Å². The number of aliphatic hydroxyl groups is 1. The molecule has 24 heavy (non-hydrogen) atoms. The van der Waals surface area contributed by atoms with Crippen LogP contribution in [0.2, 0.25) is 0 Å². The Hall–Kier alpha value is -0.0800. The van der Waals surface area contributed by atoms with Gasteiger partial charge >= 0.3 is 0 Å². The van der Waals surface area contributed by atoms with Crippen LogP contribution in [0, 0.1) is 17.3 Å². The highest BCUT2D eigenvalue weighted by Crippen LogP contribution is 2.58. The summed E-state index contributed by atoms with van der Waals surface area (Å²) in [7, 11) is 0. The van der Waals surface area contributed by atoms with Gasteiger partial charge in [-0.1, -0.05) is 74.7 Å². The highest BCUT2D eigenvalue weighted by Gasteiger charge is 2.48. The van der Waals surface area contributed by atoms with E-state index < -0.39 is 0 Å². The van der Waals surface area contributed by atoms with Crippen molar-refractivity contribution in [3.63, 3.8) is 0 Å². The number of aliphatic hydroxyl groups excluding tert-OH is 1. The molecule has 0 amide bonds. The van der Waals surface area contributed by atoms with E-state index in [2.05, 4.69) is 34.4 Å². The van der Waals surface area contributed by atoms with E-state index in [9.17, 15) is 0 Å². The summed E-state index contributed by atoms with van der Waals surface area (Å²) in [5, 5.41) is 8.99. The summed E-state index contributed by atoms with van der Waals surface area (Å²) in [4.78, 5) is 2.21. The van der Waals surface area contributed by atoms with Gasteiger partial charge in [0.25, 0.3) is 0 Å². The van der Waals surface area contributed by atoms with Crippen LogP contribution in [0.3, 0.4) is 0 Å². The van der Waals surface area contributed by atoms with Gasteiger partial charge in [0.1, 0.15) is 0 Å². The molecule has 0 aromatic heterocycles. The lowest BCUT2D eigenvalue weighted by atomic mass is 9.63. The predicted molar refractivity (Wildman–Crippen MR) is 113 cm³/mol. The number of fused-ring (bicyclic) bond motifs is 1. The second kappa shape index (κ2) is 13.2. The molecule has 2 saturated carbocycles. The molecule has 3 unspecified atom stereocenters. The van der Waals surface area contributed by atoms with Crippen LogP contribution >= 0.6 is 15.9 Å². The summed E-state index contributed by atoms with van der Waals surface area (Å²) in [6.45, 7) is 14.6. The normalized spacial score (nSPS) is 29.9. The minimum absolute atomic E-state index is 0.155. The molecular weight excluding hydrogens is 360 g/mol. The molecule has 0 bridgehead atoms. The Morgan fingerprint density at radius 1 is 1.25 bits per heavy atom. The maximum Gasteiger partial charge on any atom is 0.0639 e. The van der Waals surface area contributed by atoms with Gasteiger partial charge in [0.2, 0.25) is 0 Å². The zero-order valence-corrected chi connectivity index (χ0v) is 18.4.